The summed E-state index contributed by atoms with van der Waals surface area (Å²) in [6, 6.07) is 9.31. The zero-order valence-corrected chi connectivity index (χ0v) is 16.2. The number of amides is 1. The van der Waals surface area contributed by atoms with Crippen molar-refractivity contribution in [1.29, 1.82) is 0 Å². The normalized spacial score (nSPS) is 16.9. The van der Waals surface area contributed by atoms with Gasteiger partial charge in [0.05, 0.1) is 18.8 Å². The van der Waals surface area contributed by atoms with E-state index in [1.807, 2.05) is 11.4 Å². The molecule has 0 saturated heterocycles. The molecule has 1 atom stereocenters. The predicted octanol–water partition coefficient (Wildman–Crippen LogP) is 2.12. The number of ether oxygens (including phenoxy) is 1. The Bertz CT molecular complexity index is 877. The van der Waals surface area contributed by atoms with Crippen molar-refractivity contribution in [3.8, 4) is 0 Å². The molecular formula is C18H22N2O4S2. The van der Waals surface area contributed by atoms with E-state index in [4.69, 9.17) is 4.74 Å². The molecule has 2 N–H and O–H groups in total. The van der Waals surface area contributed by atoms with Crippen molar-refractivity contribution in [2.75, 3.05) is 13.7 Å². The second kappa shape index (κ2) is 8.30. The van der Waals surface area contributed by atoms with Gasteiger partial charge in [-0.05, 0) is 41.6 Å². The first-order valence-corrected chi connectivity index (χ1v) is 10.9. The van der Waals surface area contributed by atoms with E-state index in [2.05, 4.69) is 16.1 Å². The van der Waals surface area contributed by atoms with E-state index in [-0.39, 0.29) is 17.8 Å². The molecule has 8 heteroatoms. The van der Waals surface area contributed by atoms with Crippen LogP contribution < -0.4 is 10.0 Å². The fourth-order valence-electron chi connectivity index (χ4n) is 2.94. The molecule has 1 aromatic heterocycles. The summed E-state index contributed by atoms with van der Waals surface area (Å²) in [5, 5.41) is 4.93. The number of rotatable bonds is 7. The van der Waals surface area contributed by atoms with Crippen LogP contribution in [0.4, 0.5) is 0 Å². The van der Waals surface area contributed by atoms with Crippen molar-refractivity contribution in [3.63, 3.8) is 0 Å². The van der Waals surface area contributed by atoms with Crippen molar-refractivity contribution < 1.29 is 17.9 Å². The number of benzene rings is 1. The molecule has 0 aliphatic carbocycles. The Balaban J connectivity index is 1.56. The van der Waals surface area contributed by atoms with Gasteiger partial charge >= 0.3 is 0 Å². The molecule has 2 aromatic rings. The molecule has 6 nitrogen and oxygen atoms in total. The van der Waals surface area contributed by atoms with E-state index in [1.54, 1.807) is 29.5 Å². The van der Waals surface area contributed by atoms with E-state index in [9.17, 15) is 13.2 Å². The minimum absolute atomic E-state index is 0.0792. The Morgan fingerprint density at radius 2 is 2.12 bits per heavy atom. The lowest BCUT2D eigenvalue weighted by Gasteiger charge is -2.22. The highest BCUT2D eigenvalue weighted by molar-refractivity contribution is 7.88. The zero-order valence-electron chi connectivity index (χ0n) is 14.5. The molecule has 3 rings (SSSR count). The smallest absolute Gasteiger partial charge is 0.223 e. The summed E-state index contributed by atoms with van der Waals surface area (Å²) in [5.41, 5.74) is 2.82. The van der Waals surface area contributed by atoms with Crippen LogP contribution >= 0.6 is 11.3 Å². The summed E-state index contributed by atoms with van der Waals surface area (Å²) in [4.78, 5) is 13.4. The third-order valence-electron chi connectivity index (χ3n) is 4.28. The Hall–Kier alpha value is -1.74. The largest absolute Gasteiger partial charge is 0.372 e. The van der Waals surface area contributed by atoms with E-state index in [0.29, 0.717) is 25.1 Å². The van der Waals surface area contributed by atoms with Crippen LogP contribution in [-0.4, -0.2) is 28.0 Å². The number of carbonyl (C=O) groups is 1. The molecule has 0 fully saturated rings. The molecular weight excluding hydrogens is 372 g/mol. The molecule has 1 aliphatic rings. The first-order chi connectivity index (χ1) is 12.5. The minimum Gasteiger partial charge on any atom is -0.372 e. The maximum absolute atomic E-state index is 12.3. The standard InChI is InChI=1S/C18H22N2O4S2/c1-19-26(22,23)12-14-4-2-3-13(9-14)11-20-17(21)10-16-18-15(5-7-24-16)6-8-25-18/h2-4,6,8-9,16,19H,5,7,10-12H2,1H3,(H,20,21). The maximum atomic E-state index is 12.3. The van der Waals surface area contributed by atoms with E-state index < -0.39 is 10.0 Å². The van der Waals surface area contributed by atoms with Crippen molar-refractivity contribution >= 4 is 27.3 Å². The molecule has 140 valence electrons. The number of fused-ring (bicyclic) bond motifs is 1. The number of hydrogen-bond donors (Lipinski definition) is 2. The van der Waals surface area contributed by atoms with Crippen LogP contribution in [0.5, 0.6) is 0 Å². The molecule has 0 spiro atoms. The molecule has 1 unspecified atom stereocenters. The van der Waals surface area contributed by atoms with Gasteiger partial charge in [-0.25, -0.2) is 13.1 Å². The summed E-state index contributed by atoms with van der Waals surface area (Å²) in [6.45, 7) is 1.000. The molecule has 0 radical (unpaired) electrons. The Labute approximate surface area is 157 Å². The van der Waals surface area contributed by atoms with Crippen LogP contribution in [0.15, 0.2) is 35.7 Å². The second-order valence-electron chi connectivity index (χ2n) is 6.18. The summed E-state index contributed by atoms with van der Waals surface area (Å²) in [7, 11) is -1.92. The number of hydrogen-bond acceptors (Lipinski definition) is 5. The molecule has 0 bridgehead atoms. The lowest BCUT2D eigenvalue weighted by Crippen LogP contribution is -2.27. The summed E-state index contributed by atoms with van der Waals surface area (Å²) in [5.74, 6) is -0.160. The first-order valence-electron chi connectivity index (χ1n) is 8.40. The van der Waals surface area contributed by atoms with Gasteiger partial charge in [0.2, 0.25) is 15.9 Å². The number of thiophene rings is 1. The van der Waals surface area contributed by atoms with Crippen molar-refractivity contribution in [2.45, 2.75) is 31.2 Å². The van der Waals surface area contributed by atoms with Crippen LogP contribution in [0.2, 0.25) is 0 Å². The zero-order chi connectivity index (χ0) is 18.6. The van der Waals surface area contributed by atoms with E-state index in [0.717, 1.165) is 16.9 Å². The number of sulfonamides is 1. The summed E-state index contributed by atoms with van der Waals surface area (Å²) in [6.07, 6.45) is 1.02. The highest BCUT2D eigenvalue weighted by Gasteiger charge is 2.24. The van der Waals surface area contributed by atoms with Crippen LogP contribution in [0, 0.1) is 0 Å². The van der Waals surface area contributed by atoms with Crippen molar-refractivity contribution in [1.82, 2.24) is 10.0 Å². The Morgan fingerprint density at radius 3 is 2.92 bits per heavy atom. The molecule has 1 amide bonds. The van der Waals surface area contributed by atoms with E-state index >= 15 is 0 Å². The Morgan fingerprint density at radius 1 is 1.31 bits per heavy atom. The fraction of sp³-hybridized carbons (Fsp3) is 0.389. The molecule has 1 aliphatic heterocycles. The third kappa shape index (κ3) is 4.91. The minimum atomic E-state index is -3.32. The van der Waals surface area contributed by atoms with Gasteiger partial charge in [0.15, 0.2) is 0 Å². The predicted molar refractivity (Wildman–Crippen MR) is 101 cm³/mol. The topological polar surface area (TPSA) is 84.5 Å². The average Bonchev–Trinajstić information content (AvgIpc) is 3.10. The van der Waals surface area contributed by atoms with Crippen LogP contribution in [-0.2, 0) is 38.3 Å². The van der Waals surface area contributed by atoms with Gasteiger partial charge < -0.3 is 10.1 Å². The maximum Gasteiger partial charge on any atom is 0.223 e. The number of carbonyl (C=O) groups excluding carboxylic acids is 1. The molecule has 2 heterocycles. The monoisotopic (exact) mass is 394 g/mol. The summed E-state index contributed by atoms with van der Waals surface area (Å²) < 4.78 is 31.4. The highest BCUT2D eigenvalue weighted by atomic mass is 32.2. The molecule has 0 saturated carbocycles. The van der Waals surface area contributed by atoms with Gasteiger partial charge in [0, 0.05) is 11.4 Å². The second-order valence-corrected chi connectivity index (χ2v) is 9.06. The van der Waals surface area contributed by atoms with Crippen LogP contribution in [0.25, 0.3) is 0 Å². The molecule has 1 aromatic carbocycles. The number of nitrogens with one attached hydrogen (secondary N) is 2. The van der Waals surface area contributed by atoms with Crippen molar-refractivity contribution in [2.24, 2.45) is 0 Å². The van der Waals surface area contributed by atoms with Gasteiger partial charge in [-0.2, -0.15) is 0 Å². The van der Waals surface area contributed by atoms with Crippen molar-refractivity contribution in [3.05, 3.63) is 57.3 Å². The summed E-state index contributed by atoms with van der Waals surface area (Å²) >= 11 is 1.63. The van der Waals surface area contributed by atoms with Crippen LogP contribution in [0.3, 0.4) is 0 Å². The lowest BCUT2D eigenvalue weighted by molar-refractivity contribution is -0.124. The lowest BCUT2D eigenvalue weighted by atomic mass is 10.1. The Kier molecular flexibility index (Phi) is 6.08. The first kappa shape index (κ1) is 19.0. The van der Waals surface area contributed by atoms with E-state index in [1.165, 1.54) is 12.6 Å². The van der Waals surface area contributed by atoms with Crippen LogP contribution in [0.1, 0.15) is 34.1 Å². The molecule has 26 heavy (non-hydrogen) atoms. The highest BCUT2D eigenvalue weighted by Crippen LogP contribution is 2.33. The SMILES string of the molecule is CNS(=O)(=O)Cc1cccc(CNC(=O)CC2OCCc3ccsc32)c1. The van der Waals surface area contributed by atoms with Gasteiger partial charge in [0.1, 0.15) is 6.10 Å². The van der Waals surface area contributed by atoms with Gasteiger partial charge in [-0.15, -0.1) is 11.3 Å². The van der Waals surface area contributed by atoms with Gasteiger partial charge in [-0.1, -0.05) is 24.3 Å². The van der Waals surface area contributed by atoms with Gasteiger partial charge in [-0.3, -0.25) is 4.79 Å². The average molecular weight is 395 g/mol. The van der Waals surface area contributed by atoms with Gasteiger partial charge in [0.25, 0.3) is 0 Å². The third-order valence-corrected chi connectivity index (χ3v) is 6.67. The quantitative estimate of drug-likeness (QED) is 0.753. The fourth-order valence-corrected chi connectivity index (χ4v) is 4.70.